The van der Waals surface area contributed by atoms with Gasteiger partial charge < -0.3 is 22.9 Å². The fraction of sp³-hybridized carbons (Fsp3) is 1.00. The highest BCUT2D eigenvalue weighted by Gasteiger charge is 2.60. The number of fused-ring (bicyclic) bond motifs is 1. The zero-order chi connectivity index (χ0) is 20.6. The maximum atomic E-state index is 7.23. The summed E-state index contributed by atoms with van der Waals surface area (Å²) >= 11 is 0. The topological polar surface area (TPSA) is 49.0 Å². The van der Waals surface area contributed by atoms with Crippen molar-refractivity contribution in [2.45, 2.75) is 103 Å². The Bertz CT molecular complexity index is 476. The minimum absolute atomic E-state index is 0.00370. The van der Waals surface area contributed by atoms with Gasteiger partial charge in [0.15, 0.2) is 0 Å². The van der Waals surface area contributed by atoms with Gasteiger partial charge in [-0.25, -0.2) is 0 Å². The maximum Gasteiger partial charge on any atom is 0.335 e. The Balaban J connectivity index is 2.50. The van der Waals surface area contributed by atoms with Gasteiger partial charge in [0.1, 0.15) is 6.10 Å². The minimum Gasteiger partial charge on any atom is -0.414 e. The molecule has 0 radical (unpaired) electrons. The van der Waals surface area contributed by atoms with Crippen LogP contribution < -0.4 is 5.23 Å². The van der Waals surface area contributed by atoms with Crippen molar-refractivity contribution in [1.82, 2.24) is 5.23 Å². The molecule has 2 rings (SSSR count). The Kier molecular flexibility index (Phi) is 7.84. The molecule has 1 N–H and O–H groups in total. The van der Waals surface area contributed by atoms with Crippen molar-refractivity contribution >= 4 is 24.5 Å². The lowest BCUT2D eigenvalue weighted by Gasteiger charge is -2.51. The highest BCUT2D eigenvalue weighted by atomic mass is 28.5. The Morgan fingerprint density at radius 1 is 0.889 bits per heavy atom. The van der Waals surface area contributed by atoms with Gasteiger partial charge in [-0.3, -0.25) is 0 Å². The van der Waals surface area contributed by atoms with E-state index in [9.17, 15) is 0 Å². The number of hydrogen-bond acceptors (Lipinski definition) is 5. The zero-order valence-corrected chi connectivity index (χ0v) is 21.2. The van der Waals surface area contributed by atoms with Crippen LogP contribution in [0.5, 0.6) is 0 Å². The third-order valence-corrected chi connectivity index (χ3v) is 16.8. The molecule has 0 spiro atoms. The van der Waals surface area contributed by atoms with Crippen LogP contribution in [-0.4, -0.2) is 56.4 Å². The Labute approximate surface area is 170 Å². The van der Waals surface area contributed by atoms with E-state index >= 15 is 0 Å². The van der Waals surface area contributed by atoms with Crippen molar-refractivity contribution in [1.29, 1.82) is 0 Å². The van der Waals surface area contributed by atoms with E-state index in [1.165, 1.54) is 0 Å². The van der Waals surface area contributed by atoms with E-state index in [0.29, 0.717) is 34.7 Å². The second-order valence-corrected chi connectivity index (χ2v) is 18.5. The van der Waals surface area contributed by atoms with Gasteiger partial charge in [0.05, 0.1) is 18.7 Å². The second-order valence-electron chi connectivity index (χ2n) is 9.69. The fourth-order valence-corrected chi connectivity index (χ4v) is 16.2. The average Bonchev–Trinajstić information content (AvgIpc) is 2.82. The molecule has 2 aliphatic heterocycles. The first kappa shape index (κ1) is 23.6. The van der Waals surface area contributed by atoms with Crippen LogP contribution in [0.25, 0.3) is 0 Å². The molecule has 0 amide bonds. The van der Waals surface area contributed by atoms with Crippen molar-refractivity contribution in [2.24, 2.45) is 5.92 Å². The molecule has 2 heterocycles. The van der Waals surface area contributed by atoms with Crippen LogP contribution in [0.2, 0.25) is 22.2 Å². The van der Waals surface area contributed by atoms with Crippen molar-refractivity contribution < 1.29 is 17.7 Å². The molecule has 4 atom stereocenters. The molecule has 0 aromatic heterocycles. The van der Waals surface area contributed by atoms with Gasteiger partial charge in [-0.1, -0.05) is 62.3 Å². The summed E-state index contributed by atoms with van der Waals surface area (Å²) in [5.41, 5.74) is 1.46. The number of ether oxygens (including phenoxy) is 1. The Morgan fingerprint density at radius 2 is 1.41 bits per heavy atom. The van der Waals surface area contributed by atoms with E-state index in [2.05, 4.69) is 67.5 Å². The van der Waals surface area contributed by atoms with Crippen LogP contribution in [0.15, 0.2) is 0 Å². The summed E-state index contributed by atoms with van der Waals surface area (Å²) in [5.74, 6) is 0.325. The average molecular weight is 416 g/mol. The van der Waals surface area contributed by atoms with Gasteiger partial charge in [0, 0.05) is 5.92 Å². The number of nitrogens with one attached hydrogen (secondary N) is 1. The largest absolute Gasteiger partial charge is 0.414 e. The lowest BCUT2D eigenvalue weighted by atomic mass is 9.77. The third-order valence-electron chi connectivity index (χ3n) is 6.56. The first-order valence-corrected chi connectivity index (χ1v) is 14.8. The highest BCUT2D eigenvalue weighted by Crippen LogP contribution is 2.48. The summed E-state index contributed by atoms with van der Waals surface area (Å²) in [6, 6.07) is 0.159. The van der Waals surface area contributed by atoms with Crippen molar-refractivity contribution in [3.8, 4) is 0 Å². The van der Waals surface area contributed by atoms with Crippen LogP contribution in [-0.2, 0) is 17.7 Å². The SMILES string of the molecule is CNB[C@@H]1O[C@@H]2CO[Si](C(C)C)(C(C)C)O[Si](C(C)C)(C(C)C)O[C@@H]2C1C. The predicted octanol–water partition coefficient (Wildman–Crippen LogP) is 3.87. The summed E-state index contributed by atoms with van der Waals surface area (Å²) in [6.45, 7) is 21.0. The zero-order valence-electron chi connectivity index (χ0n) is 19.2. The molecule has 0 bridgehead atoms. The van der Waals surface area contributed by atoms with Crippen molar-refractivity contribution in [2.75, 3.05) is 13.7 Å². The van der Waals surface area contributed by atoms with Gasteiger partial charge in [-0.2, -0.15) is 0 Å². The molecule has 0 aliphatic carbocycles. The molecular formula is C19H42BNO4Si2. The molecule has 0 aromatic rings. The molecule has 27 heavy (non-hydrogen) atoms. The molecular weight excluding hydrogens is 373 g/mol. The monoisotopic (exact) mass is 415 g/mol. The van der Waals surface area contributed by atoms with Crippen LogP contribution in [0.4, 0.5) is 0 Å². The molecule has 2 aliphatic rings. The van der Waals surface area contributed by atoms with E-state index in [4.69, 9.17) is 17.7 Å². The summed E-state index contributed by atoms with van der Waals surface area (Å²) in [4.78, 5) is 0. The van der Waals surface area contributed by atoms with Gasteiger partial charge in [0.2, 0.25) is 7.41 Å². The number of hydrogen-bond donors (Lipinski definition) is 1. The smallest absolute Gasteiger partial charge is 0.335 e. The summed E-state index contributed by atoms with van der Waals surface area (Å²) in [6.07, 6.45) is 0.0436. The first-order chi connectivity index (χ1) is 12.5. The van der Waals surface area contributed by atoms with Crippen LogP contribution in [0.3, 0.4) is 0 Å². The normalized spacial score (nSPS) is 33.4. The number of rotatable bonds is 6. The molecule has 2 saturated heterocycles. The first-order valence-electron chi connectivity index (χ1n) is 10.8. The summed E-state index contributed by atoms with van der Waals surface area (Å²) < 4.78 is 27.5. The Morgan fingerprint density at radius 3 is 1.85 bits per heavy atom. The molecule has 0 aromatic carbocycles. The lowest BCUT2D eigenvalue weighted by Crippen LogP contribution is -2.65. The van der Waals surface area contributed by atoms with Crippen LogP contribution in [0, 0.1) is 5.92 Å². The molecule has 1 unspecified atom stereocenters. The third kappa shape index (κ3) is 4.27. The van der Waals surface area contributed by atoms with Crippen molar-refractivity contribution in [3.05, 3.63) is 0 Å². The van der Waals surface area contributed by atoms with Gasteiger partial charge in [-0.15, -0.1) is 0 Å². The second kappa shape index (κ2) is 8.98. The van der Waals surface area contributed by atoms with Gasteiger partial charge >= 0.3 is 17.1 Å². The lowest BCUT2D eigenvalue weighted by molar-refractivity contribution is -0.0272. The molecule has 5 nitrogen and oxygen atoms in total. The quantitative estimate of drug-likeness (QED) is 0.668. The van der Waals surface area contributed by atoms with Crippen LogP contribution in [0.1, 0.15) is 62.3 Å². The van der Waals surface area contributed by atoms with E-state index in [-0.39, 0.29) is 18.2 Å². The summed E-state index contributed by atoms with van der Waals surface area (Å²) in [7, 11) is -2.17. The molecule has 158 valence electrons. The highest BCUT2D eigenvalue weighted by molar-refractivity contribution is 6.84. The molecule has 8 heteroatoms. The fourth-order valence-electron chi connectivity index (χ4n) is 4.87. The van der Waals surface area contributed by atoms with Gasteiger partial charge in [-0.05, 0) is 29.2 Å². The van der Waals surface area contributed by atoms with Crippen LogP contribution >= 0.6 is 0 Å². The van der Waals surface area contributed by atoms with Gasteiger partial charge in [0.25, 0.3) is 0 Å². The maximum absolute atomic E-state index is 7.23. The van der Waals surface area contributed by atoms with E-state index in [1.807, 2.05) is 7.05 Å². The van der Waals surface area contributed by atoms with E-state index < -0.39 is 17.1 Å². The van der Waals surface area contributed by atoms with E-state index in [0.717, 1.165) is 7.41 Å². The standard InChI is InChI=1S/C19H42BNO4Si2/c1-12(2)26(13(3)4)22-11-17-18(16(9)19(23-17)20-21-10)24-27(25-26,14(5)6)15(7)8/h12-21H,11H2,1-10H3/t16?,17-,18-,19-/m1/s1. The Hall–Kier alpha value is 0.299. The summed E-state index contributed by atoms with van der Waals surface area (Å²) in [5, 5.41) is 3.27. The van der Waals surface area contributed by atoms with E-state index in [1.54, 1.807) is 0 Å². The predicted molar refractivity (Wildman–Crippen MR) is 118 cm³/mol. The molecule has 0 saturated carbocycles. The van der Waals surface area contributed by atoms with Crippen molar-refractivity contribution in [3.63, 3.8) is 0 Å². The molecule has 2 fully saturated rings. The minimum atomic E-state index is -2.52.